The highest BCUT2D eigenvalue weighted by molar-refractivity contribution is 5.85. The summed E-state index contributed by atoms with van der Waals surface area (Å²) in [5.41, 5.74) is 16.1. The van der Waals surface area contributed by atoms with Crippen molar-refractivity contribution in [1.82, 2.24) is 9.97 Å². The maximum atomic E-state index is 9.14. The summed E-state index contributed by atoms with van der Waals surface area (Å²) >= 11 is 0. The van der Waals surface area contributed by atoms with Crippen molar-refractivity contribution in [3.63, 3.8) is 0 Å². The van der Waals surface area contributed by atoms with Crippen molar-refractivity contribution in [1.29, 1.82) is 5.26 Å². The molecule has 0 radical (unpaired) electrons. The normalized spacial score (nSPS) is 17.7. The van der Waals surface area contributed by atoms with Gasteiger partial charge in [-0.1, -0.05) is 0 Å². The van der Waals surface area contributed by atoms with Crippen molar-refractivity contribution in [3.8, 4) is 6.07 Å². The number of benzene rings is 1. The summed E-state index contributed by atoms with van der Waals surface area (Å²) in [5, 5.41) is 12.4. The Morgan fingerprint density at radius 3 is 2.64 bits per heavy atom. The Bertz CT molecular complexity index is 881. The van der Waals surface area contributed by atoms with Gasteiger partial charge in [0.2, 0.25) is 5.95 Å². The van der Waals surface area contributed by atoms with Crippen molar-refractivity contribution in [2.24, 2.45) is 5.73 Å². The third kappa shape index (κ3) is 4.58. The maximum Gasteiger partial charge on any atom is 0.229 e. The Morgan fingerprint density at radius 2 is 1.93 bits per heavy atom. The summed E-state index contributed by atoms with van der Waals surface area (Å²) in [7, 11) is 0. The highest BCUT2D eigenvalue weighted by Crippen LogP contribution is 2.31. The van der Waals surface area contributed by atoms with Crippen molar-refractivity contribution < 1.29 is 0 Å². The molecule has 2 aromatic rings. The summed E-state index contributed by atoms with van der Waals surface area (Å²) in [6, 6.07) is 7.51. The second-order valence-electron chi connectivity index (χ2n) is 7.08. The van der Waals surface area contributed by atoms with Crippen molar-refractivity contribution in [2.75, 3.05) is 29.0 Å². The number of nitrogen functional groups attached to an aromatic ring is 1. The van der Waals surface area contributed by atoms with E-state index in [2.05, 4.69) is 16.3 Å². The molecule has 0 amide bonds. The van der Waals surface area contributed by atoms with Gasteiger partial charge >= 0.3 is 0 Å². The van der Waals surface area contributed by atoms with Crippen LogP contribution in [-0.2, 0) is 12.8 Å². The first kappa shape index (κ1) is 22.0. The number of halogens is 2. The van der Waals surface area contributed by atoms with Crippen LogP contribution in [0.1, 0.15) is 36.1 Å². The smallest absolute Gasteiger partial charge is 0.229 e. The summed E-state index contributed by atoms with van der Waals surface area (Å²) in [6.45, 7) is 1.76. The van der Waals surface area contributed by atoms with Gasteiger partial charge in [0.25, 0.3) is 0 Å². The third-order valence-electron chi connectivity index (χ3n) is 5.03. The van der Waals surface area contributed by atoms with Crippen LogP contribution in [0, 0.1) is 11.3 Å². The average Bonchev–Trinajstić information content (AvgIpc) is 3.06. The number of anilines is 4. The van der Waals surface area contributed by atoms with Crippen molar-refractivity contribution in [3.05, 3.63) is 35.0 Å². The van der Waals surface area contributed by atoms with Crippen LogP contribution in [-0.4, -0.2) is 29.1 Å². The average molecular weight is 422 g/mol. The van der Waals surface area contributed by atoms with Gasteiger partial charge in [-0.25, -0.2) is 4.98 Å². The second-order valence-corrected chi connectivity index (χ2v) is 7.08. The van der Waals surface area contributed by atoms with Crippen molar-refractivity contribution >= 4 is 48.0 Å². The third-order valence-corrected chi connectivity index (χ3v) is 5.03. The van der Waals surface area contributed by atoms with Gasteiger partial charge in [-0.15, -0.1) is 24.8 Å². The molecule has 1 atom stereocenters. The molecule has 9 heteroatoms. The number of aromatic nitrogens is 2. The molecule has 1 unspecified atom stereocenters. The number of nitrogens with zero attached hydrogens (tertiary/aromatic N) is 4. The molecule has 28 heavy (non-hydrogen) atoms. The molecule has 1 aliphatic carbocycles. The Balaban J connectivity index is 0.00000140. The largest absolute Gasteiger partial charge is 0.399 e. The number of rotatable bonds is 3. The lowest BCUT2D eigenvalue weighted by atomic mass is 9.96. The maximum absolute atomic E-state index is 9.14. The van der Waals surface area contributed by atoms with Crippen LogP contribution in [0.15, 0.2) is 18.2 Å². The van der Waals surface area contributed by atoms with Gasteiger partial charge in [-0.05, 0) is 50.3 Å². The highest BCUT2D eigenvalue weighted by Gasteiger charge is 2.26. The minimum Gasteiger partial charge on any atom is -0.399 e. The van der Waals surface area contributed by atoms with E-state index in [9.17, 15) is 0 Å². The van der Waals surface area contributed by atoms with E-state index < -0.39 is 0 Å². The molecule has 7 nitrogen and oxygen atoms in total. The first-order chi connectivity index (χ1) is 12.6. The van der Waals surface area contributed by atoms with E-state index in [1.165, 1.54) is 12.0 Å². The summed E-state index contributed by atoms with van der Waals surface area (Å²) in [4.78, 5) is 11.8. The van der Waals surface area contributed by atoms with E-state index in [0.29, 0.717) is 17.2 Å². The molecule has 1 aliphatic heterocycles. The summed E-state index contributed by atoms with van der Waals surface area (Å²) in [6.07, 6.45) is 5.31. The SMILES string of the molecule is Cl.Cl.N#Cc1cc(N)cc(Nc2nc3c(c(N4CCC(N)C4)n2)CCCC3)c1. The molecule has 0 spiro atoms. The fraction of sp³-hybridized carbons (Fsp3) is 0.421. The molecule has 5 N–H and O–H groups in total. The van der Waals surface area contributed by atoms with Gasteiger partial charge in [0.05, 0.1) is 17.3 Å². The number of nitrogens with two attached hydrogens (primary N) is 2. The lowest BCUT2D eigenvalue weighted by Gasteiger charge is -2.25. The Labute approximate surface area is 177 Å². The van der Waals surface area contributed by atoms with E-state index in [1.54, 1.807) is 18.2 Å². The molecule has 1 fully saturated rings. The molecular formula is C19H25Cl2N7. The number of fused-ring (bicyclic) bond motifs is 1. The van der Waals surface area contributed by atoms with Crippen molar-refractivity contribution in [2.45, 2.75) is 38.1 Å². The van der Waals surface area contributed by atoms with Crippen LogP contribution in [0.3, 0.4) is 0 Å². The van der Waals surface area contributed by atoms with Crippen LogP contribution in [0.25, 0.3) is 0 Å². The predicted octanol–water partition coefficient (Wildman–Crippen LogP) is 2.93. The molecule has 150 valence electrons. The molecule has 1 saturated heterocycles. The zero-order valence-electron chi connectivity index (χ0n) is 15.5. The van der Waals surface area contributed by atoms with Crippen LogP contribution in [0.4, 0.5) is 23.1 Å². The zero-order chi connectivity index (χ0) is 18.1. The molecule has 2 aliphatic rings. The van der Waals surface area contributed by atoms with Gasteiger partial charge in [-0.2, -0.15) is 10.2 Å². The summed E-state index contributed by atoms with van der Waals surface area (Å²) in [5.74, 6) is 1.56. The van der Waals surface area contributed by atoms with Crippen LogP contribution in [0.2, 0.25) is 0 Å². The number of aryl methyl sites for hydroxylation is 1. The van der Waals surface area contributed by atoms with E-state index in [-0.39, 0.29) is 30.9 Å². The number of hydrogen-bond donors (Lipinski definition) is 3. The zero-order valence-corrected chi connectivity index (χ0v) is 17.2. The monoisotopic (exact) mass is 421 g/mol. The standard InChI is InChI=1S/C19H23N7.2ClH/c20-10-12-7-14(22)9-15(8-12)23-19-24-17-4-2-1-3-16(17)18(25-19)26-6-5-13(21)11-26;;/h7-9,13H,1-6,11,21-22H2,(H,23,24,25);2*1H. The topological polar surface area (TPSA) is 117 Å². The first-order valence-corrected chi connectivity index (χ1v) is 9.10. The molecule has 1 aromatic carbocycles. The van der Waals surface area contributed by atoms with E-state index in [1.807, 2.05) is 0 Å². The fourth-order valence-electron chi connectivity index (χ4n) is 3.79. The lowest BCUT2D eigenvalue weighted by molar-refractivity contribution is 0.659. The molecule has 1 aromatic heterocycles. The Morgan fingerprint density at radius 1 is 1.14 bits per heavy atom. The second kappa shape index (κ2) is 9.28. The Kier molecular flexibility index (Phi) is 7.30. The summed E-state index contributed by atoms with van der Waals surface area (Å²) < 4.78 is 0. The van der Waals surface area contributed by atoms with E-state index in [0.717, 1.165) is 56.0 Å². The van der Waals surface area contributed by atoms with E-state index in [4.69, 9.17) is 26.7 Å². The minimum atomic E-state index is 0. The number of nitrogens with one attached hydrogen (secondary N) is 1. The first-order valence-electron chi connectivity index (χ1n) is 9.10. The van der Waals surface area contributed by atoms with Crippen LogP contribution in [0.5, 0.6) is 0 Å². The van der Waals surface area contributed by atoms with Gasteiger partial charge in [0.1, 0.15) is 5.82 Å². The molecule has 0 saturated carbocycles. The van der Waals surface area contributed by atoms with Gasteiger partial charge in [-0.3, -0.25) is 0 Å². The van der Waals surface area contributed by atoms with Gasteiger partial charge in [0.15, 0.2) is 0 Å². The molecule has 0 bridgehead atoms. The molecular weight excluding hydrogens is 397 g/mol. The highest BCUT2D eigenvalue weighted by atomic mass is 35.5. The van der Waals surface area contributed by atoms with E-state index >= 15 is 0 Å². The van der Waals surface area contributed by atoms with Crippen LogP contribution < -0.4 is 21.7 Å². The number of hydrogen-bond acceptors (Lipinski definition) is 7. The molecule has 2 heterocycles. The lowest BCUT2D eigenvalue weighted by Crippen LogP contribution is -2.29. The predicted molar refractivity (Wildman–Crippen MR) is 117 cm³/mol. The van der Waals surface area contributed by atoms with Crippen LogP contribution >= 0.6 is 24.8 Å². The Hall–Kier alpha value is -2.27. The molecule has 4 rings (SSSR count). The van der Waals surface area contributed by atoms with Gasteiger partial charge < -0.3 is 21.7 Å². The number of nitriles is 1. The van der Waals surface area contributed by atoms with Gasteiger partial charge in [0, 0.05) is 36.1 Å². The quantitative estimate of drug-likeness (QED) is 0.651. The minimum absolute atomic E-state index is 0. The fourth-order valence-corrected chi connectivity index (χ4v) is 3.79.